The van der Waals surface area contributed by atoms with Gasteiger partial charge in [0.25, 0.3) is 0 Å². The molecule has 0 aliphatic heterocycles. The van der Waals surface area contributed by atoms with Gasteiger partial charge in [-0.05, 0) is 29.3 Å². The average molecular weight is 376 g/mol. The molecule has 0 aliphatic rings. The summed E-state index contributed by atoms with van der Waals surface area (Å²) in [7, 11) is 1.39. The predicted molar refractivity (Wildman–Crippen MR) is 106 cm³/mol. The van der Waals surface area contributed by atoms with Crippen LogP contribution in [-0.2, 0) is 9.53 Å². The number of carbonyl (C=O) groups is 1. The summed E-state index contributed by atoms with van der Waals surface area (Å²) in [5.74, 6) is -0.257. The molecule has 0 spiro atoms. The average Bonchev–Trinajstić information content (AvgIpc) is 2.73. The van der Waals surface area contributed by atoms with Crippen LogP contribution in [0.5, 0.6) is 11.5 Å². The number of benzene rings is 3. The van der Waals surface area contributed by atoms with E-state index in [1.54, 1.807) is 42.5 Å². The normalized spacial score (nSPS) is 12.3. The molecule has 0 aromatic heterocycles. The van der Waals surface area contributed by atoms with E-state index in [4.69, 9.17) is 9.47 Å². The second kappa shape index (κ2) is 8.88. The molecule has 3 aromatic rings. The molecule has 3 aromatic carbocycles. The van der Waals surface area contributed by atoms with Crippen LogP contribution in [0.15, 0.2) is 85.1 Å². The van der Waals surface area contributed by atoms with Gasteiger partial charge >= 0.3 is 5.97 Å². The number of hydrogen-bond donors (Lipinski definition) is 2. The summed E-state index contributed by atoms with van der Waals surface area (Å²) in [5, 5.41) is 20.1. The summed E-state index contributed by atoms with van der Waals surface area (Å²) in [5.41, 5.74) is 1.83. The van der Waals surface area contributed by atoms with Crippen LogP contribution >= 0.6 is 0 Å². The second-order valence-corrected chi connectivity index (χ2v) is 6.06. The standard InChI is InChI=1S/C23H20O5/c1-27-15-20(23(25)26)19-12-5-6-13-21(19)28-18-11-7-10-17(14-18)22(24)16-8-3-2-4-9-16/h2-15,22,24H,1H3,(H,25,26)/b20-15-. The Morgan fingerprint density at radius 1 is 0.929 bits per heavy atom. The van der Waals surface area contributed by atoms with Gasteiger partial charge in [0.15, 0.2) is 0 Å². The van der Waals surface area contributed by atoms with E-state index in [-0.39, 0.29) is 5.57 Å². The van der Waals surface area contributed by atoms with Gasteiger partial charge in [0.05, 0.1) is 13.4 Å². The maximum absolute atomic E-state index is 11.6. The molecule has 0 fully saturated rings. The zero-order chi connectivity index (χ0) is 19.9. The molecule has 0 saturated carbocycles. The Hall–Kier alpha value is -3.57. The molecule has 5 nitrogen and oxygen atoms in total. The molecule has 5 heteroatoms. The van der Waals surface area contributed by atoms with Crippen LogP contribution in [0.25, 0.3) is 5.57 Å². The minimum atomic E-state index is -1.12. The number of carboxylic acids is 1. The number of aliphatic hydroxyl groups excluding tert-OH is 1. The van der Waals surface area contributed by atoms with E-state index >= 15 is 0 Å². The van der Waals surface area contributed by atoms with Gasteiger partial charge in [-0.2, -0.15) is 0 Å². The van der Waals surface area contributed by atoms with E-state index in [2.05, 4.69) is 0 Å². The number of aliphatic carboxylic acids is 1. The third-order valence-corrected chi connectivity index (χ3v) is 4.16. The summed E-state index contributed by atoms with van der Waals surface area (Å²) in [4.78, 5) is 11.6. The van der Waals surface area contributed by atoms with Crippen LogP contribution < -0.4 is 4.74 Å². The fraction of sp³-hybridized carbons (Fsp3) is 0.0870. The Bertz CT molecular complexity index is 979. The Kier molecular flexibility index (Phi) is 6.09. The van der Waals surface area contributed by atoms with Crippen molar-refractivity contribution in [1.29, 1.82) is 0 Å². The van der Waals surface area contributed by atoms with Gasteiger partial charge in [-0.1, -0.05) is 60.7 Å². The third-order valence-electron chi connectivity index (χ3n) is 4.16. The van der Waals surface area contributed by atoms with Gasteiger partial charge in [0, 0.05) is 5.56 Å². The minimum absolute atomic E-state index is 0.0152. The Labute approximate surface area is 163 Å². The molecule has 0 radical (unpaired) electrons. The first-order valence-electron chi connectivity index (χ1n) is 8.66. The quantitative estimate of drug-likeness (QED) is 0.464. The predicted octanol–water partition coefficient (Wildman–Crippen LogP) is 4.63. The lowest BCUT2D eigenvalue weighted by atomic mass is 10.0. The van der Waals surface area contributed by atoms with Crippen molar-refractivity contribution < 1.29 is 24.5 Å². The maximum Gasteiger partial charge on any atom is 0.339 e. The van der Waals surface area contributed by atoms with Crippen LogP contribution in [0, 0.1) is 0 Å². The van der Waals surface area contributed by atoms with Crippen molar-refractivity contribution in [2.45, 2.75) is 6.10 Å². The third kappa shape index (κ3) is 4.39. The topological polar surface area (TPSA) is 76.0 Å². The summed E-state index contributed by atoms with van der Waals surface area (Å²) < 4.78 is 10.8. The smallest absolute Gasteiger partial charge is 0.339 e. The van der Waals surface area contributed by atoms with Crippen LogP contribution in [0.2, 0.25) is 0 Å². The minimum Gasteiger partial charge on any atom is -0.503 e. The maximum atomic E-state index is 11.6. The van der Waals surface area contributed by atoms with Crippen LogP contribution in [0.1, 0.15) is 22.8 Å². The fourth-order valence-electron chi connectivity index (χ4n) is 2.83. The van der Waals surface area contributed by atoms with E-state index in [9.17, 15) is 15.0 Å². The first-order valence-corrected chi connectivity index (χ1v) is 8.66. The molecule has 2 N–H and O–H groups in total. The van der Waals surface area contributed by atoms with E-state index in [1.165, 1.54) is 13.4 Å². The molecule has 28 heavy (non-hydrogen) atoms. The van der Waals surface area contributed by atoms with Crippen LogP contribution in [0.3, 0.4) is 0 Å². The zero-order valence-electron chi connectivity index (χ0n) is 15.3. The van der Waals surface area contributed by atoms with Crippen molar-refractivity contribution >= 4 is 11.5 Å². The van der Waals surface area contributed by atoms with Crippen molar-refractivity contribution in [3.8, 4) is 11.5 Å². The van der Waals surface area contributed by atoms with Crippen molar-refractivity contribution in [1.82, 2.24) is 0 Å². The summed E-state index contributed by atoms with van der Waals surface area (Å²) in [6, 6.07) is 23.2. The fourth-order valence-corrected chi connectivity index (χ4v) is 2.83. The highest BCUT2D eigenvalue weighted by molar-refractivity contribution is 6.15. The SMILES string of the molecule is CO/C=C(\C(=O)O)c1ccccc1Oc1cccc(C(O)c2ccccc2)c1. The number of carboxylic acid groups (broad SMARTS) is 1. The van der Waals surface area contributed by atoms with Crippen LogP contribution in [0.4, 0.5) is 0 Å². The van der Waals surface area contributed by atoms with E-state index in [0.29, 0.717) is 22.6 Å². The molecular formula is C23H20O5. The van der Waals surface area contributed by atoms with E-state index < -0.39 is 12.1 Å². The van der Waals surface area contributed by atoms with Gasteiger partial charge in [0.1, 0.15) is 23.2 Å². The van der Waals surface area contributed by atoms with E-state index in [1.807, 2.05) is 36.4 Å². The zero-order valence-corrected chi connectivity index (χ0v) is 15.3. The molecule has 1 atom stereocenters. The molecule has 0 bridgehead atoms. The first-order chi connectivity index (χ1) is 13.6. The van der Waals surface area contributed by atoms with Crippen molar-refractivity contribution in [2.24, 2.45) is 0 Å². The van der Waals surface area contributed by atoms with Gasteiger partial charge in [-0.3, -0.25) is 0 Å². The lowest BCUT2D eigenvalue weighted by Gasteiger charge is -2.15. The summed E-state index contributed by atoms with van der Waals surface area (Å²) in [6.07, 6.45) is 0.378. The molecular weight excluding hydrogens is 356 g/mol. The molecule has 0 saturated heterocycles. The first kappa shape index (κ1) is 19.2. The highest BCUT2D eigenvalue weighted by Gasteiger charge is 2.17. The highest BCUT2D eigenvalue weighted by atomic mass is 16.5. The number of hydrogen-bond acceptors (Lipinski definition) is 4. The van der Waals surface area contributed by atoms with Crippen molar-refractivity contribution in [3.63, 3.8) is 0 Å². The second-order valence-electron chi connectivity index (χ2n) is 6.06. The number of ether oxygens (including phenoxy) is 2. The molecule has 3 rings (SSSR count). The lowest BCUT2D eigenvalue weighted by Crippen LogP contribution is -2.03. The molecule has 142 valence electrons. The van der Waals surface area contributed by atoms with Gasteiger partial charge < -0.3 is 19.7 Å². The van der Waals surface area contributed by atoms with Crippen molar-refractivity contribution in [2.75, 3.05) is 7.11 Å². The number of aliphatic hydroxyl groups is 1. The summed E-state index contributed by atoms with van der Waals surface area (Å²) >= 11 is 0. The molecule has 1 unspecified atom stereocenters. The lowest BCUT2D eigenvalue weighted by molar-refractivity contribution is -0.130. The monoisotopic (exact) mass is 376 g/mol. The Morgan fingerprint density at radius 3 is 2.32 bits per heavy atom. The van der Waals surface area contributed by atoms with E-state index in [0.717, 1.165) is 5.56 Å². The number of rotatable bonds is 7. The summed E-state index contributed by atoms with van der Waals surface area (Å²) in [6.45, 7) is 0. The van der Waals surface area contributed by atoms with Gasteiger partial charge in [-0.15, -0.1) is 0 Å². The number of methoxy groups -OCH3 is 1. The molecule has 0 amide bonds. The Morgan fingerprint density at radius 2 is 1.61 bits per heavy atom. The van der Waals surface area contributed by atoms with Crippen molar-refractivity contribution in [3.05, 3.63) is 102 Å². The molecule has 0 aliphatic carbocycles. The highest BCUT2D eigenvalue weighted by Crippen LogP contribution is 2.32. The molecule has 0 heterocycles. The largest absolute Gasteiger partial charge is 0.503 e. The number of para-hydroxylation sites is 1. The Balaban J connectivity index is 1.92. The van der Waals surface area contributed by atoms with Crippen LogP contribution in [-0.4, -0.2) is 23.3 Å². The van der Waals surface area contributed by atoms with Gasteiger partial charge in [0.2, 0.25) is 0 Å². The van der Waals surface area contributed by atoms with Gasteiger partial charge in [-0.25, -0.2) is 4.79 Å².